The summed E-state index contributed by atoms with van der Waals surface area (Å²) in [6.45, 7) is 2.03. The van der Waals surface area contributed by atoms with Gasteiger partial charge in [0, 0.05) is 50.0 Å². The Kier molecular flexibility index (Phi) is 4.78. The molecule has 3 aromatic heterocycles. The third-order valence-electron chi connectivity index (χ3n) is 4.86. The molecule has 1 fully saturated rings. The van der Waals surface area contributed by atoms with Crippen molar-refractivity contribution in [3.8, 4) is 0 Å². The molecule has 8 heteroatoms. The molecule has 0 bridgehead atoms. The number of aromatic amines is 1. The predicted molar refractivity (Wildman–Crippen MR) is 98.3 cm³/mol. The lowest BCUT2D eigenvalue weighted by Gasteiger charge is -2.31. The summed E-state index contributed by atoms with van der Waals surface area (Å²) in [6, 6.07) is 3.98. The third kappa shape index (κ3) is 3.79. The van der Waals surface area contributed by atoms with Gasteiger partial charge >= 0.3 is 0 Å². The van der Waals surface area contributed by atoms with Crippen molar-refractivity contribution in [2.45, 2.75) is 25.3 Å². The smallest absolute Gasteiger partial charge is 0.273 e. The van der Waals surface area contributed by atoms with Crippen LogP contribution in [0, 0.1) is 0 Å². The molecule has 0 unspecified atom stereocenters. The zero-order chi connectivity index (χ0) is 18.6. The highest BCUT2D eigenvalue weighted by molar-refractivity contribution is 5.92. The van der Waals surface area contributed by atoms with Crippen LogP contribution in [0.4, 0.5) is 0 Å². The van der Waals surface area contributed by atoms with Crippen molar-refractivity contribution in [3.63, 3.8) is 0 Å². The maximum atomic E-state index is 12.5. The molecule has 1 aliphatic heterocycles. The Morgan fingerprint density at radius 3 is 2.74 bits per heavy atom. The van der Waals surface area contributed by atoms with Gasteiger partial charge in [-0.3, -0.25) is 14.6 Å². The number of hydrogen-bond acceptors (Lipinski definition) is 5. The van der Waals surface area contributed by atoms with Crippen LogP contribution < -0.4 is 5.56 Å². The molecule has 1 N–H and O–H groups in total. The second kappa shape index (κ2) is 7.53. The number of aromatic nitrogens is 5. The minimum absolute atomic E-state index is 0.150. The van der Waals surface area contributed by atoms with Gasteiger partial charge in [-0.05, 0) is 24.5 Å². The van der Waals surface area contributed by atoms with E-state index in [4.69, 9.17) is 0 Å². The number of likely N-dealkylation sites (tertiary alicyclic amines) is 1. The summed E-state index contributed by atoms with van der Waals surface area (Å²) in [4.78, 5) is 40.6. The minimum Gasteiger partial charge on any atom is -0.337 e. The van der Waals surface area contributed by atoms with Gasteiger partial charge in [-0.25, -0.2) is 9.97 Å². The Morgan fingerprint density at radius 2 is 2.04 bits per heavy atom. The highest BCUT2D eigenvalue weighted by Crippen LogP contribution is 2.27. The lowest BCUT2D eigenvalue weighted by Crippen LogP contribution is -2.39. The number of piperidine rings is 1. The van der Waals surface area contributed by atoms with E-state index in [2.05, 4.69) is 30.6 Å². The van der Waals surface area contributed by atoms with E-state index < -0.39 is 0 Å². The standard InChI is InChI=1S/C19H20N6O2/c26-17-12-22-16(11-23-17)19(27)24-7-3-15(4-8-24)18-21-6-9-25(18)13-14-2-1-5-20-10-14/h1-2,5-6,9-12,15H,3-4,7-8,13H2,(H,23,26). The maximum absolute atomic E-state index is 12.5. The quantitative estimate of drug-likeness (QED) is 0.755. The summed E-state index contributed by atoms with van der Waals surface area (Å²) in [5.74, 6) is 1.21. The first kappa shape index (κ1) is 17.1. The zero-order valence-electron chi connectivity index (χ0n) is 14.8. The Balaban J connectivity index is 1.41. The van der Waals surface area contributed by atoms with Crippen LogP contribution in [0.15, 0.2) is 54.1 Å². The zero-order valence-corrected chi connectivity index (χ0v) is 14.8. The van der Waals surface area contributed by atoms with Crippen LogP contribution in [0.25, 0.3) is 0 Å². The fourth-order valence-electron chi connectivity index (χ4n) is 3.46. The first-order valence-electron chi connectivity index (χ1n) is 8.94. The molecule has 3 aromatic rings. The van der Waals surface area contributed by atoms with Gasteiger partial charge in [0.25, 0.3) is 11.5 Å². The van der Waals surface area contributed by atoms with Gasteiger partial charge in [0.2, 0.25) is 0 Å². The molecule has 0 saturated carbocycles. The number of nitrogens with one attached hydrogen (secondary N) is 1. The van der Waals surface area contributed by atoms with Gasteiger partial charge in [0.05, 0.1) is 12.7 Å². The number of pyridine rings is 1. The SMILES string of the molecule is O=C(c1c[nH]c(=O)cn1)N1CCC(c2nccn2Cc2cccnc2)CC1. The van der Waals surface area contributed by atoms with E-state index >= 15 is 0 Å². The second-order valence-corrected chi connectivity index (χ2v) is 6.64. The number of hydrogen-bond donors (Lipinski definition) is 1. The predicted octanol–water partition coefficient (Wildman–Crippen LogP) is 1.43. The first-order valence-corrected chi connectivity index (χ1v) is 8.94. The van der Waals surface area contributed by atoms with Crippen molar-refractivity contribution in [1.29, 1.82) is 0 Å². The summed E-state index contributed by atoms with van der Waals surface area (Å²) in [7, 11) is 0. The fraction of sp³-hybridized carbons (Fsp3) is 0.316. The van der Waals surface area contributed by atoms with Crippen molar-refractivity contribution in [2.75, 3.05) is 13.1 Å². The van der Waals surface area contributed by atoms with Crippen LogP contribution in [-0.2, 0) is 6.54 Å². The maximum Gasteiger partial charge on any atom is 0.273 e. The third-order valence-corrected chi connectivity index (χ3v) is 4.86. The van der Waals surface area contributed by atoms with E-state index in [1.54, 1.807) is 11.1 Å². The Bertz CT molecular complexity index is 953. The number of nitrogens with zero attached hydrogens (tertiary/aromatic N) is 5. The molecule has 1 amide bonds. The summed E-state index contributed by atoms with van der Waals surface area (Å²) in [5.41, 5.74) is 1.09. The highest BCUT2D eigenvalue weighted by atomic mass is 16.2. The number of imidazole rings is 1. The van der Waals surface area contributed by atoms with Crippen LogP contribution in [0.2, 0.25) is 0 Å². The lowest BCUT2D eigenvalue weighted by molar-refractivity contribution is 0.0704. The molecule has 0 radical (unpaired) electrons. The summed E-state index contributed by atoms with van der Waals surface area (Å²) in [6.07, 6.45) is 11.6. The highest BCUT2D eigenvalue weighted by Gasteiger charge is 2.27. The van der Waals surface area contributed by atoms with Crippen molar-refractivity contribution < 1.29 is 4.79 Å². The molecule has 0 aliphatic carbocycles. The average Bonchev–Trinajstić information content (AvgIpc) is 3.17. The molecule has 27 heavy (non-hydrogen) atoms. The number of carbonyl (C=O) groups excluding carboxylic acids is 1. The van der Waals surface area contributed by atoms with Gasteiger partial charge in [0.1, 0.15) is 11.5 Å². The number of carbonyl (C=O) groups is 1. The largest absolute Gasteiger partial charge is 0.337 e. The van der Waals surface area contributed by atoms with Crippen molar-refractivity contribution in [2.24, 2.45) is 0 Å². The molecular weight excluding hydrogens is 344 g/mol. The van der Waals surface area contributed by atoms with Gasteiger partial charge in [-0.15, -0.1) is 0 Å². The number of H-pyrrole nitrogens is 1. The number of rotatable bonds is 4. The molecule has 0 spiro atoms. The Labute approximate surface area is 155 Å². The molecule has 4 heterocycles. The normalized spacial score (nSPS) is 15.0. The van der Waals surface area contributed by atoms with Crippen LogP contribution in [0.1, 0.15) is 40.6 Å². The molecule has 8 nitrogen and oxygen atoms in total. The van der Waals surface area contributed by atoms with Crippen molar-refractivity contribution >= 4 is 5.91 Å². The summed E-state index contributed by atoms with van der Waals surface area (Å²) in [5, 5.41) is 0. The minimum atomic E-state index is -0.314. The molecular formula is C19H20N6O2. The first-order chi connectivity index (χ1) is 13.2. The van der Waals surface area contributed by atoms with Gasteiger partial charge in [-0.2, -0.15) is 0 Å². The van der Waals surface area contributed by atoms with Crippen LogP contribution >= 0.6 is 0 Å². The van der Waals surface area contributed by atoms with E-state index in [0.29, 0.717) is 19.0 Å². The summed E-state index contributed by atoms with van der Waals surface area (Å²) >= 11 is 0. The lowest BCUT2D eigenvalue weighted by atomic mass is 9.95. The fourth-order valence-corrected chi connectivity index (χ4v) is 3.46. The van der Waals surface area contributed by atoms with E-state index in [0.717, 1.165) is 37.0 Å². The van der Waals surface area contributed by atoms with Gasteiger partial charge in [-0.1, -0.05) is 6.07 Å². The summed E-state index contributed by atoms with van der Waals surface area (Å²) < 4.78 is 2.16. The average molecular weight is 364 g/mol. The second-order valence-electron chi connectivity index (χ2n) is 6.64. The topological polar surface area (TPSA) is 96.8 Å². The van der Waals surface area contributed by atoms with Crippen molar-refractivity contribution in [3.05, 3.63) is 76.7 Å². The van der Waals surface area contributed by atoms with E-state index in [-0.39, 0.29) is 17.2 Å². The van der Waals surface area contributed by atoms with E-state index in [1.165, 1.54) is 6.20 Å². The molecule has 1 aliphatic rings. The Morgan fingerprint density at radius 1 is 1.19 bits per heavy atom. The van der Waals surface area contributed by atoms with Crippen molar-refractivity contribution in [1.82, 2.24) is 29.4 Å². The van der Waals surface area contributed by atoms with Gasteiger partial charge in [0.15, 0.2) is 0 Å². The molecule has 4 rings (SSSR count). The van der Waals surface area contributed by atoms with Crippen LogP contribution in [0.5, 0.6) is 0 Å². The van der Waals surface area contributed by atoms with Crippen LogP contribution in [-0.4, -0.2) is 48.4 Å². The van der Waals surface area contributed by atoms with E-state index in [9.17, 15) is 9.59 Å². The Hall–Kier alpha value is -3.29. The molecule has 138 valence electrons. The van der Waals surface area contributed by atoms with Gasteiger partial charge < -0.3 is 14.5 Å². The molecule has 0 aromatic carbocycles. The number of amides is 1. The monoisotopic (exact) mass is 364 g/mol. The molecule has 1 saturated heterocycles. The molecule has 0 atom stereocenters. The van der Waals surface area contributed by atoms with Crippen LogP contribution in [0.3, 0.4) is 0 Å². The van der Waals surface area contributed by atoms with E-state index in [1.807, 2.05) is 24.7 Å².